The predicted molar refractivity (Wildman–Crippen MR) is 64.5 cm³/mol. The molecule has 1 fully saturated rings. The van der Waals surface area contributed by atoms with Gasteiger partial charge in [0.2, 0.25) is 0 Å². The van der Waals surface area contributed by atoms with Gasteiger partial charge in [0.1, 0.15) is 5.60 Å². The molecule has 112 valence electrons. The maximum Gasteiger partial charge on any atom is 0.407 e. The molecule has 1 amide bonds. The third-order valence-corrected chi connectivity index (χ3v) is 2.93. The van der Waals surface area contributed by atoms with Crippen LogP contribution in [0.1, 0.15) is 40.0 Å². The van der Waals surface area contributed by atoms with Crippen LogP contribution >= 0.6 is 0 Å². The molecular formula is C12H21F3N2O2. The number of hydrogen-bond donors (Lipinski definition) is 2. The normalized spacial score (nSPS) is 28.9. The van der Waals surface area contributed by atoms with Crippen molar-refractivity contribution in [3.63, 3.8) is 0 Å². The van der Waals surface area contributed by atoms with E-state index < -0.39 is 35.9 Å². The average molecular weight is 282 g/mol. The van der Waals surface area contributed by atoms with E-state index in [1.54, 1.807) is 20.8 Å². The maximum absolute atomic E-state index is 12.7. The number of nitrogens with two attached hydrogens (primary N) is 1. The summed E-state index contributed by atoms with van der Waals surface area (Å²) in [4.78, 5) is 11.5. The van der Waals surface area contributed by atoms with Gasteiger partial charge in [-0.1, -0.05) is 0 Å². The van der Waals surface area contributed by atoms with Crippen molar-refractivity contribution >= 4 is 6.09 Å². The summed E-state index contributed by atoms with van der Waals surface area (Å²) in [6.45, 7) is 5.08. The Hall–Kier alpha value is -0.980. The Bertz CT molecular complexity index is 326. The molecule has 0 saturated heterocycles. The van der Waals surface area contributed by atoms with Gasteiger partial charge >= 0.3 is 12.3 Å². The lowest BCUT2D eigenvalue weighted by Crippen LogP contribution is -2.49. The van der Waals surface area contributed by atoms with Crippen LogP contribution in [-0.2, 0) is 4.74 Å². The van der Waals surface area contributed by atoms with E-state index in [1.165, 1.54) is 0 Å². The monoisotopic (exact) mass is 282 g/mol. The summed E-state index contributed by atoms with van der Waals surface area (Å²) in [6.07, 6.45) is -4.86. The molecule has 0 aliphatic heterocycles. The van der Waals surface area contributed by atoms with Gasteiger partial charge in [0.25, 0.3) is 0 Å². The molecule has 0 unspecified atom stereocenters. The van der Waals surface area contributed by atoms with Gasteiger partial charge in [-0.25, -0.2) is 4.79 Å². The van der Waals surface area contributed by atoms with Gasteiger partial charge in [0.05, 0.1) is 5.92 Å². The zero-order valence-corrected chi connectivity index (χ0v) is 11.4. The molecule has 0 aromatic rings. The van der Waals surface area contributed by atoms with E-state index in [0.29, 0.717) is 6.42 Å². The van der Waals surface area contributed by atoms with Crippen molar-refractivity contribution in [2.24, 2.45) is 11.7 Å². The van der Waals surface area contributed by atoms with Crippen molar-refractivity contribution in [1.82, 2.24) is 5.32 Å². The number of nitrogens with one attached hydrogen (secondary N) is 1. The molecule has 7 heteroatoms. The maximum atomic E-state index is 12.7. The molecule has 0 aromatic carbocycles. The van der Waals surface area contributed by atoms with Crippen molar-refractivity contribution in [1.29, 1.82) is 0 Å². The average Bonchev–Trinajstić information content (AvgIpc) is 2.11. The molecule has 1 aliphatic carbocycles. The van der Waals surface area contributed by atoms with Gasteiger partial charge in [0.15, 0.2) is 0 Å². The largest absolute Gasteiger partial charge is 0.444 e. The fourth-order valence-electron chi connectivity index (χ4n) is 2.22. The van der Waals surface area contributed by atoms with E-state index in [2.05, 4.69) is 5.32 Å². The highest BCUT2D eigenvalue weighted by molar-refractivity contribution is 5.68. The Labute approximate surface area is 110 Å². The molecule has 3 N–H and O–H groups in total. The molecule has 19 heavy (non-hydrogen) atoms. The second-order valence-electron chi connectivity index (χ2n) is 6.05. The van der Waals surface area contributed by atoms with E-state index in [9.17, 15) is 18.0 Å². The molecule has 1 aliphatic rings. The Morgan fingerprint density at radius 1 is 1.21 bits per heavy atom. The highest BCUT2D eigenvalue weighted by atomic mass is 19.4. The van der Waals surface area contributed by atoms with Gasteiger partial charge < -0.3 is 15.8 Å². The van der Waals surface area contributed by atoms with Crippen LogP contribution < -0.4 is 11.1 Å². The van der Waals surface area contributed by atoms with Crippen molar-refractivity contribution in [3.8, 4) is 0 Å². The third kappa shape index (κ3) is 5.67. The van der Waals surface area contributed by atoms with Crippen LogP contribution in [0.3, 0.4) is 0 Å². The lowest BCUT2D eigenvalue weighted by molar-refractivity contribution is -0.184. The molecule has 1 saturated carbocycles. The number of carbonyl (C=O) groups is 1. The van der Waals surface area contributed by atoms with Crippen molar-refractivity contribution < 1.29 is 22.7 Å². The molecule has 0 bridgehead atoms. The topological polar surface area (TPSA) is 64.3 Å². The highest BCUT2D eigenvalue weighted by Crippen LogP contribution is 2.37. The fraction of sp³-hybridized carbons (Fsp3) is 0.917. The van der Waals surface area contributed by atoms with E-state index in [0.717, 1.165) is 0 Å². The van der Waals surface area contributed by atoms with Crippen LogP contribution in [0.5, 0.6) is 0 Å². The summed E-state index contributed by atoms with van der Waals surface area (Å²) in [7, 11) is 0. The quantitative estimate of drug-likeness (QED) is 0.777. The number of ether oxygens (including phenoxy) is 1. The van der Waals surface area contributed by atoms with E-state index in [4.69, 9.17) is 10.5 Å². The van der Waals surface area contributed by atoms with Gasteiger partial charge in [-0.15, -0.1) is 0 Å². The summed E-state index contributed by atoms with van der Waals surface area (Å²) < 4.78 is 43.1. The number of carbonyl (C=O) groups excluding carboxylic acids is 1. The zero-order chi connectivity index (χ0) is 14.8. The van der Waals surface area contributed by atoms with E-state index in [1.807, 2.05) is 0 Å². The molecule has 4 nitrogen and oxygen atoms in total. The first-order valence-corrected chi connectivity index (χ1v) is 6.29. The SMILES string of the molecule is CC(C)(C)OC(=O)N[C@@H]1C[C@H](N)C[C@H](C(F)(F)F)C1. The minimum Gasteiger partial charge on any atom is -0.444 e. The Kier molecular flexibility index (Phi) is 4.71. The molecule has 0 heterocycles. The number of hydrogen-bond acceptors (Lipinski definition) is 3. The van der Waals surface area contributed by atoms with Crippen molar-refractivity contribution in [3.05, 3.63) is 0 Å². The van der Waals surface area contributed by atoms with Crippen LogP contribution in [0, 0.1) is 5.92 Å². The second-order valence-corrected chi connectivity index (χ2v) is 6.05. The van der Waals surface area contributed by atoms with Crippen LogP contribution in [-0.4, -0.2) is 30.0 Å². The smallest absolute Gasteiger partial charge is 0.407 e. The Morgan fingerprint density at radius 3 is 2.26 bits per heavy atom. The molecule has 1 rings (SSSR count). The van der Waals surface area contributed by atoms with Gasteiger partial charge in [-0.2, -0.15) is 13.2 Å². The number of amides is 1. The first-order chi connectivity index (χ1) is 8.47. The lowest BCUT2D eigenvalue weighted by Gasteiger charge is -2.34. The van der Waals surface area contributed by atoms with Crippen LogP contribution in [0.25, 0.3) is 0 Å². The summed E-state index contributed by atoms with van der Waals surface area (Å²) in [5.41, 5.74) is 4.95. The molecule has 0 radical (unpaired) electrons. The minimum absolute atomic E-state index is 0.0873. The summed E-state index contributed by atoms with van der Waals surface area (Å²) in [6, 6.07) is -1.15. The number of halogens is 3. The van der Waals surface area contributed by atoms with Gasteiger partial charge in [-0.05, 0) is 40.0 Å². The van der Waals surface area contributed by atoms with Crippen LogP contribution in [0.2, 0.25) is 0 Å². The summed E-state index contributed by atoms with van der Waals surface area (Å²) >= 11 is 0. The minimum atomic E-state index is -4.27. The first-order valence-electron chi connectivity index (χ1n) is 6.29. The van der Waals surface area contributed by atoms with E-state index in [-0.39, 0.29) is 12.8 Å². The van der Waals surface area contributed by atoms with Crippen LogP contribution in [0.15, 0.2) is 0 Å². The molecule has 0 aromatic heterocycles. The number of rotatable bonds is 1. The second kappa shape index (κ2) is 5.56. The Balaban J connectivity index is 2.56. The molecule has 0 spiro atoms. The van der Waals surface area contributed by atoms with Gasteiger partial charge in [0, 0.05) is 12.1 Å². The number of alkyl halides is 3. The van der Waals surface area contributed by atoms with Gasteiger partial charge in [-0.3, -0.25) is 0 Å². The molecular weight excluding hydrogens is 261 g/mol. The third-order valence-electron chi connectivity index (χ3n) is 2.93. The first kappa shape index (κ1) is 16.1. The number of alkyl carbamates (subject to hydrolysis) is 1. The summed E-state index contributed by atoms with van der Waals surface area (Å²) in [5.74, 6) is -1.46. The lowest BCUT2D eigenvalue weighted by atomic mass is 9.82. The van der Waals surface area contributed by atoms with Crippen LogP contribution in [0.4, 0.5) is 18.0 Å². The predicted octanol–water partition coefficient (Wildman–Crippen LogP) is 2.57. The highest BCUT2D eigenvalue weighted by Gasteiger charge is 2.44. The summed E-state index contributed by atoms with van der Waals surface area (Å²) in [5, 5.41) is 2.47. The van der Waals surface area contributed by atoms with E-state index >= 15 is 0 Å². The Morgan fingerprint density at radius 2 is 1.79 bits per heavy atom. The zero-order valence-electron chi connectivity index (χ0n) is 11.4. The standard InChI is InChI=1S/C12H21F3N2O2/c1-11(2,3)19-10(18)17-9-5-7(12(13,14)15)4-8(16)6-9/h7-9H,4-6,16H2,1-3H3,(H,17,18)/t7-,8+,9-/m0/s1. The fourth-order valence-corrected chi connectivity index (χ4v) is 2.22. The van der Waals surface area contributed by atoms with Crippen molar-refractivity contribution in [2.75, 3.05) is 0 Å². The van der Waals surface area contributed by atoms with Crippen molar-refractivity contribution in [2.45, 2.75) is 63.9 Å². The molecule has 3 atom stereocenters.